The van der Waals surface area contributed by atoms with Crippen LogP contribution in [0.5, 0.6) is 5.75 Å². The van der Waals surface area contributed by atoms with Gasteiger partial charge in [0.05, 0.1) is 0 Å². The summed E-state index contributed by atoms with van der Waals surface area (Å²) in [6, 6.07) is 23.7. The van der Waals surface area contributed by atoms with Gasteiger partial charge in [-0.3, -0.25) is 9.59 Å². The van der Waals surface area contributed by atoms with Gasteiger partial charge in [-0.15, -0.1) is 0 Å². The normalized spacial score (nSPS) is 11.7. The molecule has 3 aromatic rings. The first-order valence-corrected chi connectivity index (χ1v) is 12.7. The third-order valence-corrected chi connectivity index (χ3v) is 6.14. The molecule has 0 aliphatic rings. The zero-order valence-electron chi connectivity index (χ0n) is 19.9. The standard InChI is InChI=1S/C28H30BrClN2O3/c1-20(2)17-31-28(34)26(15-21-7-4-3-5-8-21)32(18-22-11-13-23(29)14-12-22)27(33)19-35-25-10-6-9-24(30)16-25/h3-14,16,20,26H,15,17-19H2,1-2H3,(H,31,34)/t26-/m0/s1. The summed E-state index contributed by atoms with van der Waals surface area (Å²) in [5.74, 6) is 0.320. The molecule has 0 radical (unpaired) electrons. The van der Waals surface area contributed by atoms with E-state index in [1.54, 1.807) is 29.2 Å². The van der Waals surface area contributed by atoms with Gasteiger partial charge in [-0.05, 0) is 47.4 Å². The molecule has 0 saturated heterocycles. The number of hydrogen-bond acceptors (Lipinski definition) is 3. The fourth-order valence-corrected chi connectivity index (χ4v) is 3.99. The first kappa shape index (κ1) is 26.8. The number of halogens is 2. The molecular weight excluding hydrogens is 528 g/mol. The predicted octanol–water partition coefficient (Wildman–Crippen LogP) is 5.89. The highest BCUT2D eigenvalue weighted by molar-refractivity contribution is 9.10. The molecule has 3 rings (SSSR count). The molecule has 0 heterocycles. The molecule has 0 unspecified atom stereocenters. The van der Waals surface area contributed by atoms with Crippen molar-refractivity contribution in [3.8, 4) is 5.75 Å². The van der Waals surface area contributed by atoms with Gasteiger partial charge in [0.2, 0.25) is 5.91 Å². The Labute approximate surface area is 220 Å². The van der Waals surface area contributed by atoms with Gasteiger partial charge in [-0.25, -0.2) is 0 Å². The molecule has 0 spiro atoms. The lowest BCUT2D eigenvalue weighted by molar-refractivity contribution is -0.142. The molecule has 184 valence electrons. The van der Waals surface area contributed by atoms with Crippen LogP contribution in [0.1, 0.15) is 25.0 Å². The zero-order chi connectivity index (χ0) is 25.2. The maximum Gasteiger partial charge on any atom is 0.261 e. The Morgan fingerprint density at radius 3 is 2.34 bits per heavy atom. The lowest BCUT2D eigenvalue weighted by Crippen LogP contribution is -2.52. The average Bonchev–Trinajstić information content (AvgIpc) is 2.85. The Hall–Kier alpha value is -2.83. The molecule has 1 N–H and O–H groups in total. The van der Waals surface area contributed by atoms with Gasteiger partial charge < -0.3 is 15.0 Å². The number of benzene rings is 3. The van der Waals surface area contributed by atoms with Crippen LogP contribution in [0.15, 0.2) is 83.3 Å². The number of rotatable bonds is 11. The second-order valence-electron chi connectivity index (χ2n) is 8.74. The highest BCUT2D eigenvalue weighted by Crippen LogP contribution is 2.20. The van der Waals surface area contributed by atoms with E-state index in [1.165, 1.54) is 0 Å². The smallest absolute Gasteiger partial charge is 0.261 e. The van der Waals surface area contributed by atoms with E-state index in [-0.39, 0.29) is 30.9 Å². The summed E-state index contributed by atoms with van der Waals surface area (Å²) < 4.78 is 6.69. The lowest BCUT2D eigenvalue weighted by atomic mass is 10.0. The van der Waals surface area contributed by atoms with E-state index in [9.17, 15) is 9.59 Å². The molecule has 0 bridgehead atoms. The fraction of sp³-hybridized carbons (Fsp3) is 0.286. The summed E-state index contributed by atoms with van der Waals surface area (Å²) in [4.78, 5) is 28.5. The minimum absolute atomic E-state index is 0.184. The van der Waals surface area contributed by atoms with Crippen LogP contribution in [0.3, 0.4) is 0 Å². The summed E-state index contributed by atoms with van der Waals surface area (Å²) >= 11 is 9.51. The molecule has 0 aliphatic heterocycles. The number of amides is 2. The Bertz CT molecular complexity index is 1110. The first-order valence-electron chi connectivity index (χ1n) is 11.6. The van der Waals surface area contributed by atoms with Crippen LogP contribution in [0.25, 0.3) is 0 Å². The number of nitrogens with one attached hydrogen (secondary N) is 1. The van der Waals surface area contributed by atoms with Crippen molar-refractivity contribution in [3.05, 3.63) is 99.5 Å². The number of nitrogens with zero attached hydrogens (tertiary/aromatic N) is 1. The average molecular weight is 558 g/mol. The molecule has 0 aromatic heterocycles. The summed E-state index contributed by atoms with van der Waals surface area (Å²) in [5, 5.41) is 3.54. The van der Waals surface area contributed by atoms with Crippen molar-refractivity contribution in [1.29, 1.82) is 0 Å². The van der Waals surface area contributed by atoms with Crippen molar-refractivity contribution in [3.63, 3.8) is 0 Å². The summed E-state index contributed by atoms with van der Waals surface area (Å²) in [5.41, 5.74) is 1.89. The van der Waals surface area contributed by atoms with Gasteiger partial charge in [-0.2, -0.15) is 0 Å². The molecule has 5 nitrogen and oxygen atoms in total. The molecule has 3 aromatic carbocycles. The molecule has 2 amide bonds. The van der Waals surface area contributed by atoms with Crippen LogP contribution >= 0.6 is 27.5 Å². The van der Waals surface area contributed by atoms with Crippen LogP contribution in [-0.2, 0) is 22.6 Å². The van der Waals surface area contributed by atoms with Crippen molar-refractivity contribution in [1.82, 2.24) is 10.2 Å². The topological polar surface area (TPSA) is 58.6 Å². The Balaban J connectivity index is 1.89. The fourth-order valence-electron chi connectivity index (χ4n) is 3.55. The van der Waals surface area contributed by atoms with E-state index in [4.69, 9.17) is 16.3 Å². The minimum Gasteiger partial charge on any atom is -0.484 e. The second kappa shape index (κ2) is 13.3. The number of ether oxygens (including phenoxy) is 1. The van der Waals surface area contributed by atoms with Crippen LogP contribution in [0.4, 0.5) is 0 Å². The van der Waals surface area contributed by atoms with Crippen molar-refractivity contribution < 1.29 is 14.3 Å². The van der Waals surface area contributed by atoms with Gasteiger partial charge in [0, 0.05) is 29.0 Å². The van der Waals surface area contributed by atoms with Gasteiger partial charge >= 0.3 is 0 Å². The highest BCUT2D eigenvalue weighted by Gasteiger charge is 2.30. The predicted molar refractivity (Wildman–Crippen MR) is 143 cm³/mol. The maximum atomic E-state index is 13.5. The van der Waals surface area contributed by atoms with Gasteiger partial charge in [0.25, 0.3) is 5.91 Å². The molecular formula is C28H30BrClN2O3. The zero-order valence-corrected chi connectivity index (χ0v) is 22.3. The SMILES string of the molecule is CC(C)CNC(=O)[C@H](Cc1ccccc1)N(Cc1ccc(Br)cc1)C(=O)COc1cccc(Cl)c1. The maximum absolute atomic E-state index is 13.5. The van der Waals surface area contributed by atoms with E-state index < -0.39 is 6.04 Å². The molecule has 35 heavy (non-hydrogen) atoms. The number of carbonyl (C=O) groups is 2. The summed E-state index contributed by atoms with van der Waals surface area (Å²) in [6.07, 6.45) is 0.393. The Morgan fingerprint density at radius 1 is 0.971 bits per heavy atom. The minimum atomic E-state index is -0.699. The summed E-state index contributed by atoms with van der Waals surface area (Å²) in [6.45, 7) is 4.67. The van der Waals surface area contributed by atoms with Crippen molar-refractivity contribution >= 4 is 39.3 Å². The van der Waals surface area contributed by atoms with Crippen molar-refractivity contribution in [2.45, 2.75) is 32.9 Å². The molecule has 1 atom stereocenters. The molecule has 0 fully saturated rings. The van der Waals surface area contributed by atoms with Gasteiger partial charge in [-0.1, -0.05) is 89.9 Å². The molecule has 7 heteroatoms. The highest BCUT2D eigenvalue weighted by atomic mass is 79.9. The van der Waals surface area contributed by atoms with Crippen molar-refractivity contribution in [2.24, 2.45) is 5.92 Å². The van der Waals surface area contributed by atoms with Crippen LogP contribution in [0, 0.1) is 5.92 Å². The van der Waals surface area contributed by atoms with E-state index >= 15 is 0 Å². The van der Waals surface area contributed by atoms with Crippen LogP contribution in [-0.4, -0.2) is 35.9 Å². The third-order valence-electron chi connectivity index (χ3n) is 5.38. The van der Waals surface area contributed by atoms with E-state index in [2.05, 4.69) is 21.2 Å². The molecule has 0 saturated carbocycles. The van der Waals surface area contributed by atoms with Crippen molar-refractivity contribution in [2.75, 3.05) is 13.2 Å². The largest absolute Gasteiger partial charge is 0.484 e. The van der Waals surface area contributed by atoms with E-state index in [1.807, 2.05) is 68.4 Å². The summed E-state index contributed by atoms with van der Waals surface area (Å²) in [7, 11) is 0. The van der Waals surface area contributed by atoms with E-state index in [0.29, 0.717) is 23.7 Å². The lowest BCUT2D eigenvalue weighted by Gasteiger charge is -2.31. The Morgan fingerprint density at radius 2 is 1.69 bits per heavy atom. The van der Waals surface area contributed by atoms with Crippen LogP contribution < -0.4 is 10.1 Å². The van der Waals surface area contributed by atoms with E-state index in [0.717, 1.165) is 15.6 Å². The number of carbonyl (C=O) groups excluding carboxylic acids is 2. The first-order chi connectivity index (χ1) is 16.8. The Kier molecular flexibility index (Phi) is 10.2. The van der Waals surface area contributed by atoms with Gasteiger partial charge in [0.1, 0.15) is 11.8 Å². The quantitative estimate of drug-likeness (QED) is 0.320. The van der Waals surface area contributed by atoms with Crippen LogP contribution in [0.2, 0.25) is 5.02 Å². The number of hydrogen-bond donors (Lipinski definition) is 1. The third kappa shape index (κ3) is 8.71. The monoisotopic (exact) mass is 556 g/mol. The second-order valence-corrected chi connectivity index (χ2v) is 10.1. The van der Waals surface area contributed by atoms with Gasteiger partial charge in [0.15, 0.2) is 6.61 Å². The molecule has 0 aliphatic carbocycles.